The normalized spacial score (nSPS) is 22.6. The molecule has 5 nitrogen and oxygen atoms in total. The zero-order valence-corrected chi connectivity index (χ0v) is 14.5. The number of piperidine rings is 1. The van der Waals surface area contributed by atoms with Gasteiger partial charge in [-0.2, -0.15) is 5.06 Å². The van der Waals surface area contributed by atoms with Crippen molar-refractivity contribution in [2.24, 2.45) is 0 Å². The molecule has 1 aromatic rings. The van der Waals surface area contributed by atoms with E-state index in [9.17, 15) is 4.79 Å². The van der Waals surface area contributed by atoms with E-state index in [1.807, 2.05) is 5.06 Å². The van der Waals surface area contributed by atoms with Crippen LogP contribution in [0, 0.1) is 0 Å². The van der Waals surface area contributed by atoms with Gasteiger partial charge in [-0.15, -0.1) is 0 Å². The highest BCUT2D eigenvalue weighted by Crippen LogP contribution is 2.12. The van der Waals surface area contributed by atoms with Crippen LogP contribution in [0.3, 0.4) is 0 Å². The summed E-state index contributed by atoms with van der Waals surface area (Å²) in [5.41, 5.74) is 1.38. The Morgan fingerprint density at radius 2 is 2.04 bits per heavy atom. The molecular formula is C19H29N3O2. The number of hydrogen-bond donors (Lipinski definition) is 1. The highest BCUT2D eigenvalue weighted by atomic mass is 16.7. The molecule has 0 aromatic heterocycles. The van der Waals surface area contributed by atoms with Crippen LogP contribution in [0.15, 0.2) is 30.3 Å². The average molecular weight is 331 g/mol. The van der Waals surface area contributed by atoms with E-state index in [4.69, 9.17) is 4.84 Å². The lowest BCUT2D eigenvalue weighted by Crippen LogP contribution is -2.48. The molecule has 1 amide bonds. The summed E-state index contributed by atoms with van der Waals surface area (Å²) in [4.78, 5) is 20.0. The number of nitrogens with zero attached hydrogens (tertiary/aromatic N) is 2. The minimum Gasteiger partial charge on any atom is -0.352 e. The zero-order valence-electron chi connectivity index (χ0n) is 14.5. The minimum absolute atomic E-state index is 0.153. The van der Waals surface area contributed by atoms with Gasteiger partial charge in [-0.05, 0) is 37.8 Å². The molecule has 2 aliphatic rings. The topological polar surface area (TPSA) is 44.8 Å². The summed E-state index contributed by atoms with van der Waals surface area (Å²) in [7, 11) is 0. The highest BCUT2D eigenvalue weighted by Gasteiger charge is 2.21. The summed E-state index contributed by atoms with van der Waals surface area (Å²) in [6.07, 6.45) is 4.93. The Kier molecular flexibility index (Phi) is 6.64. The van der Waals surface area contributed by atoms with Crippen molar-refractivity contribution >= 4 is 5.91 Å². The van der Waals surface area contributed by atoms with Crippen molar-refractivity contribution in [2.75, 3.05) is 39.3 Å². The van der Waals surface area contributed by atoms with Crippen LogP contribution in [0.5, 0.6) is 0 Å². The second-order valence-corrected chi connectivity index (χ2v) is 6.81. The van der Waals surface area contributed by atoms with Gasteiger partial charge in [0.1, 0.15) is 0 Å². The van der Waals surface area contributed by atoms with E-state index >= 15 is 0 Å². The van der Waals surface area contributed by atoms with Gasteiger partial charge >= 0.3 is 0 Å². The third-order valence-corrected chi connectivity index (χ3v) is 4.84. The second kappa shape index (κ2) is 9.16. The first-order chi connectivity index (χ1) is 11.8. The fourth-order valence-electron chi connectivity index (χ4n) is 3.51. The third kappa shape index (κ3) is 5.58. The van der Waals surface area contributed by atoms with E-state index in [1.165, 1.54) is 5.56 Å². The Bertz CT molecular complexity index is 503. The molecule has 0 aliphatic carbocycles. The van der Waals surface area contributed by atoms with Crippen molar-refractivity contribution in [2.45, 2.75) is 38.1 Å². The van der Waals surface area contributed by atoms with E-state index in [2.05, 4.69) is 40.5 Å². The Morgan fingerprint density at radius 1 is 1.17 bits per heavy atom. The number of rotatable bonds is 7. The van der Waals surface area contributed by atoms with Crippen LogP contribution in [0.2, 0.25) is 0 Å². The first kappa shape index (κ1) is 17.4. The summed E-state index contributed by atoms with van der Waals surface area (Å²) in [6, 6.07) is 10.9. The Labute approximate surface area is 144 Å². The van der Waals surface area contributed by atoms with Crippen LogP contribution in [0.25, 0.3) is 0 Å². The Balaban J connectivity index is 1.36. The predicted molar refractivity (Wildman–Crippen MR) is 94.5 cm³/mol. The standard InChI is InChI=1S/C19H29N3O2/c23-19(10-14-22-12-5-15-24-22)20-18-8-4-11-21(16-18)13-9-17-6-2-1-3-7-17/h1-3,6-7,18H,4-5,8-16H2,(H,20,23). The van der Waals surface area contributed by atoms with Gasteiger partial charge in [-0.1, -0.05) is 30.3 Å². The lowest BCUT2D eigenvalue weighted by Gasteiger charge is -2.33. The minimum atomic E-state index is 0.153. The first-order valence-corrected chi connectivity index (χ1v) is 9.23. The van der Waals surface area contributed by atoms with Crippen molar-refractivity contribution in [3.63, 3.8) is 0 Å². The van der Waals surface area contributed by atoms with Crippen LogP contribution < -0.4 is 5.32 Å². The van der Waals surface area contributed by atoms with Crippen molar-refractivity contribution in [1.82, 2.24) is 15.3 Å². The molecule has 0 radical (unpaired) electrons. The largest absolute Gasteiger partial charge is 0.352 e. The van der Waals surface area contributed by atoms with Gasteiger partial charge in [0.15, 0.2) is 0 Å². The molecular weight excluding hydrogens is 302 g/mol. The highest BCUT2D eigenvalue weighted by molar-refractivity contribution is 5.76. The molecule has 1 N–H and O–H groups in total. The maximum Gasteiger partial charge on any atom is 0.221 e. The van der Waals surface area contributed by atoms with Crippen LogP contribution in [-0.4, -0.2) is 61.2 Å². The predicted octanol–water partition coefficient (Wildman–Crippen LogP) is 1.84. The quantitative estimate of drug-likeness (QED) is 0.828. The van der Waals surface area contributed by atoms with E-state index in [0.717, 1.165) is 58.5 Å². The summed E-state index contributed by atoms with van der Waals surface area (Å²) < 4.78 is 0. The summed E-state index contributed by atoms with van der Waals surface area (Å²) >= 11 is 0. The van der Waals surface area contributed by atoms with Gasteiger partial charge < -0.3 is 10.2 Å². The summed E-state index contributed by atoms with van der Waals surface area (Å²) in [5.74, 6) is 0.153. The summed E-state index contributed by atoms with van der Waals surface area (Å²) in [5, 5.41) is 5.12. The molecule has 2 aliphatic heterocycles. The maximum absolute atomic E-state index is 12.1. The van der Waals surface area contributed by atoms with Crippen LogP contribution >= 0.6 is 0 Å². The second-order valence-electron chi connectivity index (χ2n) is 6.81. The molecule has 24 heavy (non-hydrogen) atoms. The Morgan fingerprint density at radius 3 is 2.83 bits per heavy atom. The molecule has 2 fully saturated rings. The molecule has 1 unspecified atom stereocenters. The molecule has 3 rings (SSSR count). The lowest BCUT2D eigenvalue weighted by atomic mass is 10.0. The van der Waals surface area contributed by atoms with Gasteiger partial charge in [-0.3, -0.25) is 9.63 Å². The fourth-order valence-corrected chi connectivity index (χ4v) is 3.51. The van der Waals surface area contributed by atoms with Crippen molar-refractivity contribution in [3.05, 3.63) is 35.9 Å². The number of amides is 1. The van der Waals surface area contributed by atoms with Crippen molar-refractivity contribution in [1.29, 1.82) is 0 Å². The van der Waals surface area contributed by atoms with Crippen LogP contribution in [0.1, 0.15) is 31.2 Å². The van der Waals surface area contributed by atoms with Gasteiger partial charge in [0.2, 0.25) is 5.91 Å². The van der Waals surface area contributed by atoms with Gasteiger partial charge in [0.25, 0.3) is 0 Å². The number of likely N-dealkylation sites (tertiary alicyclic amines) is 1. The molecule has 1 aromatic carbocycles. The molecule has 5 heteroatoms. The number of benzene rings is 1. The molecule has 0 saturated carbocycles. The third-order valence-electron chi connectivity index (χ3n) is 4.84. The van der Waals surface area contributed by atoms with Crippen molar-refractivity contribution in [3.8, 4) is 0 Å². The van der Waals surface area contributed by atoms with Gasteiger partial charge in [0, 0.05) is 38.6 Å². The van der Waals surface area contributed by atoms with Crippen LogP contribution in [-0.2, 0) is 16.1 Å². The van der Waals surface area contributed by atoms with E-state index in [-0.39, 0.29) is 5.91 Å². The molecule has 132 valence electrons. The molecule has 1 atom stereocenters. The lowest BCUT2D eigenvalue weighted by molar-refractivity contribution is -0.131. The van der Waals surface area contributed by atoms with Crippen molar-refractivity contribution < 1.29 is 9.63 Å². The average Bonchev–Trinajstić information content (AvgIpc) is 3.13. The fraction of sp³-hybridized carbons (Fsp3) is 0.632. The van der Waals surface area contributed by atoms with Crippen LogP contribution in [0.4, 0.5) is 0 Å². The number of carbonyl (C=O) groups is 1. The zero-order chi connectivity index (χ0) is 16.6. The Hall–Kier alpha value is -1.43. The van der Waals surface area contributed by atoms with Gasteiger partial charge in [0.05, 0.1) is 6.61 Å². The number of hydroxylamine groups is 2. The number of hydrogen-bond acceptors (Lipinski definition) is 4. The van der Waals surface area contributed by atoms with E-state index in [1.54, 1.807) is 0 Å². The molecule has 0 spiro atoms. The molecule has 0 bridgehead atoms. The first-order valence-electron chi connectivity index (χ1n) is 9.23. The molecule has 2 heterocycles. The smallest absolute Gasteiger partial charge is 0.221 e. The van der Waals surface area contributed by atoms with E-state index in [0.29, 0.717) is 19.0 Å². The van der Waals surface area contributed by atoms with Gasteiger partial charge in [-0.25, -0.2) is 0 Å². The maximum atomic E-state index is 12.1. The summed E-state index contributed by atoms with van der Waals surface area (Å²) in [6.45, 7) is 5.62. The molecule has 2 saturated heterocycles. The number of carbonyl (C=O) groups excluding carboxylic acids is 1. The monoisotopic (exact) mass is 331 g/mol. The van der Waals surface area contributed by atoms with E-state index < -0.39 is 0 Å². The number of nitrogens with one attached hydrogen (secondary N) is 1. The SMILES string of the molecule is O=C(CCN1CCCO1)NC1CCCN(CCc2ccccc2)C1.